The number of alkyl halides is 3. The summed E-state index contributed by atoms with van der Waals surface area (Å²) < 4.78 is 38.3. The van der Waals surface area contributed by atoms with Crippen molar-refractivity contribution in [2.75, 3.05) is 12.8 Å². The molecule has 0 saturated heterocycles. The Morgan fingerprint density at radius 3 is 2.47 bits per heavy atom. The summed E-state index contributed by atoms with van der Waals surface area (Å²) in [4.78, 5) is 3.65. The molecule has 0 saturated carbocycles. The molecule has 1 rings (SSSR count). The summed E-state index contributed by atoms with van der Waals surface area (Å²) >= 11 is 0. The highest BCUT2D eigenvalue weighted by Crippen LogP contribution is 2.35. The number of anilines is 1. The van der Waals surface area contributed by atoms with Crippen molar-refractivity contribution in [3.8, 4) is 0 Å². The summed E-state index contributed by atoms with van der Waals surface area (Å²) in [6.45, 7) is 0. The second-order valence-corrected chi connectivity index (χ2v) is 3.31. The zero-order valence-corrected chi connectivity index (χ0v) is 9.12. The van der Waals surface area contributed by atoms with Crippen LogP contribution in [-0.2, 0) is 6.18 Å². The van der Waals surface area contributed by atoms with Gasteiger partial charge in [-0.05, 0) is 23.8 Å². The first-order chi connectivity index (χ1) is 7.90. The highest BCUT2D eigenvalue weighted by Gasteiger charge is 2.33. The third kappa shape index (κ3) is 2.99. The van der Waals surface area contributed by atoms with Crippen LogP contribution in [0.5, 0.6) is 0 Å². The van der Waals surface area contributed by atoms with Gasteiger partial charge >= 0.3 is 6.18 Å². The van der Waals surface area contributed by atoms with Gasteiger partial charge in [-0.3, -0.25) is 4.99 Å². The molecule has 0 aromatic heterocycles. The smallest absolute Gasteiger partial charge is 0.404 e. The molecule has 0 spiro atoms. The van der Waals surface area contributed by atoms with Gasteiger partial charge in [-0.1, -0.05) is 0 Å². The Kier molecular flexibility index (Phi) is 3.77. The molecule has 92 valence electrons. The number of nitrogens with two attached hydrogens (primary N) is 2. The van der Waals surface area contributed by atoms with Crippen LogP contribution in [0.15, 0.2) is 29.4 Å². The molecule has 4 N–H and O–H groups in total. The fourth-order valence-corrected chi connectivity index (χ4v) is 1.39. The van der Waals surface area contributed by atoms with Gasteiger partial charge in [0.1, 0.15) is 0 Å². The molecule has 17 heavy (non-hydrogen) atoms. The van der Waals surface area contributed by atoms with E-state index in [4.69, 9.17) is 11.5 Å². The Hall–Kier alpha value is -1.98. The molecule has 0 amide bonds. The first-order valence-corrected chi connectivity index (χ1v) is 4.71. The average molecular weight is 243 g/mol. The van der Waals surface area contributed by atoms with Gasteiger partial charge in [-0.15, -0.1) is 0 Å². The Labute approximate surface area is 96.6 Å². The fraction of sp³-hybridized carbons (Fsp3) is 0.182. The van der Waals surface area contributed by atoms with Gasteiger partial charge < -0.3 is 11.5 Å². The maximum atomic E-state index is 12.8. The minimum Gasteiger partial charge on any atom is -0.404 e. The van der Waals surface area contributed by atoms with Crippen LogP contribution in [0.2, 0.25) is 0 Å². The summed E-state index contributed by atoms with van der Waals surface area (Å²) in [7, 11) is 1.45. The van der Waals surface area contributed by atoms with Gasteiger partial charge in [-0.2, -0.15) is 13.2 Å². The summed E-state index contributed by atoms with van der Waals surface area (Å²) in [6, 6.07) is 3.35. The molecule has 1 aromatic rings. The number of benzene rings is 1. The standard InChI is InChI=1S/C11H12F3N3/c1-17-6-7(5-15)9-4-8(16)2-3-10(9)11(12,13)14/h2-6H,15-16H2,1H3/b7-5+,17-6?. The van der Waals surface area contributed by atoms with Crippen LogP contribution in [0.25, 0.3) is 5.57 Å². The van der Waals surface area contributed by atoms with E-state index in [1.807, 2.05) is 0 Å². The molecule has 6 heteroatoms. The maximum absolute atomic E-state index is 12.8. The van der Waals surface area contributed by atoms with E-state index < -0.39 is 11.7 Å². The second kappa shape index (κ2) is 4.90. The number of halogens is 3. The Morgan fingerprint density at radius 2 is 2.00 bits per heavy atom. The van der Waals surface area contributed by atoms with Crippen molar-refractivity contribution in [3.05, 3.63) is 35.5 Å². The van der Waals surface area contributed by atoms with Crippen molar-refractivity contribution < 1.29 is 13.2 Å². The normalized spacial score (nSPS) is 13.3. The van der Waals surface area contributed by atoms with Crippen LogP contribution in [0.1, 0.15) is 11.1 Å². The van der Waals surface area contributed by atoms with E-state index in [-0.39, 0.29) is 16.8 Å². The lowest BCUT2D eigenvalue weighted by Crippen LogP contribution is -2.10. The van der Waals surface area contributed by atoms with Gasteiger partial charge in [0, 0.05) is 30.7 Å². The maximum Gasteiger partial charge on any atom is 0.417 e. The van der Waals surface area contributed by atoms with Crippen molar-refractivity contribution in [1.82, 2.24) is 0 Å². The third-order valence-electron chi connectivity index (χ3n) is 2.11. The van der Waals surface area contributed by atoms with Gasteiger partial charge in [0.05, 0.1) is 5.56 Å². The molecule has 0 aliphatic carbocycles. The molecule has 0 fully saturated rings. The molecule has 0 heterocycles. The predicted molar refractivity (Wildman–Crippen MR) is 62.4 cm³/mol. The number of rotatable bonds is 2. The Balaban J connectivity index is 3.44. The average Bonchev–Trinajstić information content (AvgIpc) is 2.24. The Bertz CT molecular complexity index is 462. The molecule has 0 atom stereocenters. The molecular formula is C11H12F3N3. The van der Waals surface area contributed by atoms with E-state index in [2.05, 4.69) is 4.99 Å². The summed E-state index contributed by atoms with van der Waals surface area (Å²) in [5, 5.41) is 0. The van der Waals surface area contributed by atoms with Crippen LogP contribution in [0.3, 0.4) is 0 Å². The van der Waals surface area contributed by atoms with Gasteiger partial charge in [-0.25, -0.2) is 0 Å². The minimum absolute atomic E-state index is 0.0781. The third-order valence-corrected chi connectivity index (χ3v) is 2.11. The van der Waals surface area contributed by atoms with Crippen molar-refractivity contribution >= 4 is 17.5 Å². The van der Waals surface area contributed by atoms with Gasteiger partial charge in [0.2, 0.25) is 0 Å². The van der Waals surface area contributed by atoms with Crippen molar-refractivity contribution in [3.63, 3.8) is 0 Å². The van der Waals surface area contributed by atoms with Crippen LogP contribution < -0.4 is 11.5 Å². The van der Waals surface area contributed by atoms with Gasteiger partial charge in [0.25, 0.3) is 0 Å². The number of allylic oxidation sites excluding steroid dienone is 1. The fourth-order valence-electron chi connectivity index (χ4n) is 1.39. The molecule has 0 aliphatic rings. The van der Waals surface area contributed by atoms with E-state index in [1.54, 1.807) is 0 Å². The van der Waals surface area contributed by atoms with Crippen LogP contribution >= 0.6 is 0 Å². The van der Waals surface area contributed by atoms with Crippen LogP contribution in [0.4, 0.5) is 18.9 Å². The zero-order valence-electron chi connectivity index (χ0n) is 9.12. The molecule has 0 aliphatic heterocycles. The number of aliphatic imine (C=N–C) groups is 1. The predicted octanol–water partition coefficient (Wildman–Crippen LogP) is 2.29. The lowest BCUT2D eigenvalue weighted by Gasteiger charge is -2.13. The van der Waals surface area contributed by atoms with Crippen LogP contribution in [0, 0.1) is 0 Å². The zero-order chi connectivity index (χ0) is 13.1. The largest absolute Gasteiger partial charge is 0.417 e. The quantitative estimate of drug-likeness (QED) is 0.618. The molecule has 0 radical (unpaired) electrons. The number of hydrogen-bond acceptors (Lipinski definition) is 3. The first kappa shape index (κ1) is 13.1. The number of nitrogens with zero attached hydrogens (tertiary/aromatic N) is 1. The number of hydrogen-bond donors (Lipinski definition) is 2. The molecule has 1 aromatic carbocycles. The topological polar surface area (TPSA) is 64.4 Å². The second-order valence-electron chi connectivity index (χ2n) is 3.31. The first-order valence-electron chi connectivity index (χ1n) is 4.71. The molecule has 0 unspecified atom stereocenters. The highest BCUT2D eigenvalue weighted by atomic mass is 19.4. The molecule has 3 nitrogen and oxygen atoms in total. The lowest BCUT2D eigenvalue weighted by atomic mass is 10.00. The van der Waals surface area contributed by atoms with Crippen LogP contribution in [-0.4, -0.2) is 13.3 Å². The van der Waals surface area contributed by atoms with E-state index in [9.17, 15) is 13.2 Å². The van der Waals surface area contributed by atoms with E-state index in [0.717, 1.165) is 12.3 Å². The van der Waals surface area contributed by atoms with Crippen molar-refractivity contribution in [1.29, 1.82) is 0 Å². The number of nitrogen functional groups attached to an aromatic ring is 1. The monoisotopic (exact) mass is 243 g/mol. The Morgan fingerprint density at radius 1 is 1.35 bits per heavy atom. The van der Waals surface area contributed by atoms with E-state index >= 15 is 0 Å². The summed E-state index contributed by atoms with van der Waals surface area (Å²) in [6.07, 6.45) is -2.14. The van der Waals surface area contributed by atoms with Crippen molar-refractivity contribution in [2.45, 2.75) is 6.18 Å². The van der Waals surface area contributed by atoms with Gasteiger partial charge in [0.15, 0.2) is 0 Å². The summed E-state index contributed by atoms with van der Waals surface area (Å²) in [5.41, 5.74) is 10.3. The minimum atomic E-state index is -4.46. The molecule has 0 bridgehead atoms. The van der Waals surface area contributed by atoms with E-state index in [1.165, 1.54) is 25.4 Å². The lowest BCUT2D eigenvalue weighted by molar-refractivity contribution is -0.137. The summed E-state index contributed by atoms with van der Waals surface area (Å²) in [5.74, 6) is 0. The van der Waals surface area contributed by atoms with E-state index in [0.29, 0.717) is 0 Å². The van der Waals surface area contributed by atoms with Crippen molar-refractivity contribution in [2.24, 2.45) is 10.7 Å². The SMILES string of the molecule is CN=C/C(=C\N)c1cc(N)ccc1C(F)(F)F. The highest BCUT2D eigenvalue weighted by molar-refractivity contribution is 6.10. The molecular weight excluding hydrogens is 231 g/mol.